The van der Waals surface area contributed by atoms with Crippen LogP contribution in [0.15, 0.2) is 42.5 Å². The molecular formula is C16H14F3N3O4. The molecule has 2 aromatic carbocycles. The van der Waals surface area contributed by atoms with Crippen molar-refractivity contribution in [2.75, 3.05) is 0 Å². The third-order valence-corrected chi connectivity index (χ3v) is 3.44. The fourth-order valence-corrected chi connectivity index (χ4v) is 2.27. The van der Waals surface area contributed by atoms with E-state index in [4.69, 9.17) is 16.2 Å². The number of halogens is 3. The molecule has 0 saturated heterocycles. The van der Waals surface area contributed by atoms with E-state index in [0.717, 1.165) is 30.3 Å². The summed E-state index contributed by atoms with van der Waals surface area (Å²) in [4.78, 5) is 21.3. The van der Waals surface area contributed by atoms with Gasteiger partial charge in [-0.05, 0) is 18.2 Å². The summed E-state index contributed by atoms with van der Waals surface area (Å²) >= 11 is 0. The molecule has 2 rings (SSSR count). The van der Waals surface area contributed by atoms with Crippen LogP contribution in [0.1, 0.15) is 23.6 Å². The van der Waals surface area contributed by atoms with Gasteiger partial charge in [0.15, 0.2) is 0 Å². The van der Waals surface area contributed by atoms with E-state index < -0.39 is 34.4 Å². The van der Waals surface area contributed by atoms with Gasteiger partial charge in [0.2, 0.25) is 5.91 Å². The molecule has 0 heterocycles. The van der Waals surface area contributed by atoms with Crippen LogP contribution in [0.25, 0.3) is 0 Å². The van der Waals surface area contributed by atoms with E-state index >= 15 is 0 Å². The van der Waals surface area contributed by atoms with Crippen LogP contribution in [0.2, 0.25) is 0 Å². The minimum absolute atomic E-state index is 0.00465. The molecule has 0 aromatic heterocycles. The Bertz CT molecular complexity index is 840. The van der Waals surface area contributed by atoms with E-state index in [-0.39, 0.29) is 23.4 Å². The number of ether oxygens (including phenoxy) is 1. The van der Waals surface area contributed by atoms with Crippen molar-refractivity contribution < 1.29 is 27.6 Å². The predicted octanol–water partition coefficient (Wildman–Crippen LogP) is 3.28. The van der Waals surface area contributed by atoms with Gasteiger partial charge in [0.25, 0.3) is 5.69 Å². The number of rotatable bonds is 6. The zero-order chi connectivity index (χ0) is 19.5. The van der Waals surface area contributed by atoms with Gasteiger partial charge >= 0.3 is 6.18 Å². The number of para-hydroxylation sites is 1. The molecule has 26 heavy (non-hydrogen) atoms. The predicted molar refractivity (Wildman–Crippen MR) is 85.4 cm³/mol. The van der Waals surface area contributed by atoms with E-state index in [1.807, 2.05) is 0 Å². The largest absolute Gasteiger partial charge is 0.456 e. The molecule has 0 spiro atoms. The van der Waals surface area contributed by atoms with E-state index in [2.05, 4.69) is 0 Å². The van der Waals surface area contributed by atoms with Crippen molar-refractivity contribution in [1.29, 1.82) is 0 Å². The maximum Gasteiger partial charge on any atom is 0.419 e. The van der Waals surface area contributed by atoms with Gasteiger partial charge in [-0.2, -0.15) is 13.2 Å². The van der Waals surface area contributed by atoms with Crippen LogP contribution in [0.3, 0.4) is 0 Å². The SMILES string of the molecule is NC(=O)CC(N)c1cc([N+](=O)[O-])ccc1Oc1ccccc1C(F)(F)F. The van der Waals surface area contributed by atoms with Crippen LogP contribution < -0.4 is 16.2 Å². The van der Waals surface area contributed by atoms with Gasteiger partial charge in [0.1, 0.15) is 11.5 Å². The second-order valence-electron chi connectivity index (χ2n) is 5.35. The molecule has 1 atom stereocenters. The van der Waals surface area contributed by atoms with E-state index in [9.17, 15) is 28.1 Å². The standard InChI is InChI=1S/C16H14F3N3O4/c17-16(18,19)11-3-1-2-4-14(11)26-13-6-5-9(22(24)25)7-10(13)12(20)8-15(21)23/h1-7,12H,8,20H2,(H2,21,23). The molecule has 7 nitrogen and oxygen atoms in total. The molecule has 2 aromatic rings. The highest BCUT2D eigenvalue weighted by Crippen LogP contribution is 2.40. The molecule has 0 aliphatic carbocycles. The summed E-state index contributed by atoms with van der Waals surface area (Å²) in [5.41, 5.74) is 9.51. The summed E-state index contributed by atoms with van der Waals surface area (Å²) < 4.78 is 44.6. The number of carbonyl (C=O) groups is 1. The first kappa shape index (κ1) is 19.2. The van der Waals surface area contributed by atoms with Gasteiger partial charge in [-0.15, -0.1) is 0 Å². The number of primary amides is 1. The van der Waals surface area contributed by atoms with Gasteiger partial charge in [-0.1, -0.05) is 12.1 Å². The Morgan fingerprint density at radius 1 is 1.19 bits per heavy atom. The molecule has 0 fully saturated rings. The Kier molecular flexibility index (Phi) is 5.46. The minimum atomic E-state index is -4.66. The average molecular weight is 369 g/mol. The number of nitro benzene ring substituents is 1. The van der Waals surface area contributed by atoms with Crippen LogP contribution in [0, 0.1) is 10.1 Å². The summed E-state index contributed by atoms with van der Waals surface area (Å²) in [5.74, 6) is -1.41. The highest BCUT2D eigenvalue weighted by atomic mass is 19.4. The zero-order valence-corrected chi connectivity index (χ0v) is 13.2. The first-order chi connectivity index (χ1) is 12.1. The minimum Gasteiger partial charge on any atom is -0.456 e. The number of hydrogen-bond donors (Lipinski definition) is 2. The number of carbonyl (C=O) groups excluding carboxylic acids is 1. The number of hydrogen-bond acceptors (Lipinski definition) is 5. The molecular weight excluding hydrogens is 355 g/mol. The summed E-state index contributed by atoms with van der Waals surface area (Å²) in [5, 5.41) is 10.9. The average Bonchev–Trinajstić information content (AvgIpc) is 2.53. The van der Waals surface area contributed by atoms with Gasteiger partial charge in [0, 0.05) is 30.2 Å². The quantitative estimate of drug-likeness (QED) is 0.598. The first-order valence-corrected chi connectivity index (χ1v) is 7.26. The molecule has 4 N–H and O–H groups in total. The first-order valence-electron chi connectivity index (χ1n) is 7.26. The lowest BCUT2D eigenvalue weighted by molar-refractivity contribution is -0.385. The van der Waals surface area contributed by atoms with E-state index in [1.54, 1.807) is 0 Å². The molecule has 10 heteroatoms. The van der Waals surface area contributed by atoms with Crippen molar-refractivity contribution in [1.82, 2.24) is 0 Å². The number of nitro groups is 1. The lowest BCUT2D eigenvalue weighted by atomic mass is 10.0. The van der Waals surface area contributed by atoms with Crippen LogP contribution >= 0.6 is 0 Å². The number of non-ortho nitro benzene ring substituents is 1. The van der Waals surface area contributed by atoms with E-state index in [1.165, 1.54) is 12.1 Å². The maximum atomic E-state index is 13.1. The second kappa shape index (κ2) is 7.40. The number of benzene rings is 2. The Hall–Kier alpha value is -3.14. The Morgan fingerprint density at radius 2 is 1.85 bits per heavy atom. The Balaban J connectivity index is 2.50. The molecule has 0 aliphatic heterocycles. The summed E-state index contributed by atoms with van der Waals surface area (Å²) in [6.45, 7) is 0. The number of amides is 1. The van der Waals surface area contributed by atoms with E-state index in [0.29, 0.717) is 0 Å². The molecule has 0 saturated carbocycles. The molecule has 0 bridgehead atoms. The maximum absolute atomic E-state index is 13.1. The summed E-state index contributed by atoms with van der Waals surface area (Å²) in [6, 6.07) is 6.63. The van der Waals surface area contributed by atoms with Gasteiger partial charge in [-0.25, -0.2) is 0 Å². The molecule has 138 valence electrons. The van der Waals surface area contributed by atoms with Crippen molar-refractivity contribution in [3.63, 3.8) is 0 Å². The summed E-state index contributed by atoms with van der Waals surface area (Å²) in [6.07, 6.45) is -5.02. The zero-order valence-electron chi connectivity index (χ0n) is 13.2. The third kappa shape index (κ3) is 4.48. The van der Waals surface area contributed by atoms with Crippen molar-refractivity contribution >= 4 is 11.6 Å². The normalized spacial score (nSPS) is 12.5. The van der Waals surface area contributed by atoms with Crippen molar-refractivity contribution in [2.24, 2.45) is 11.5 Å². The van der Waals surface area contributed by atoms with Gasteiger partial charge in [0.05, 0.1) is 10.5 Å². The molecule has 0 radical (unpaired) electrons. The third-order valence-electron chi connectivity index (χ3n) is 3.44. The lowest BCUT2D eigenvalue weighted by Gasteiger charge is -2.18. The fourth-order valence-electron chi connectivity index (χ4n) is 2.27. The number of nitrogens with two attached hydrogens (primary N) is 2. The van der Waals surface area contributed by atoms with Crippen molar-refractivity contribution in [2.45, 2.75) is 18.6 Å². The fraction of sp³-hybridized carbons (Fsp3) is 0.188. The van der Waals surface area contributed by atoms with Gasteiger partial charge in [-0.3, -0.25) is 14.9 Å². The Morgan fingerprint density at radius 3 is 2.42 bits per heavy atom. The monoisotopic (exact) mass is 369 g/mol. The second-order valence-corrected chi connectivity index (χ2v) is 5.35. The highest BCUT2D eigenvalue weighted by Gasteiger charge is 2.34. The lowest BCUT2D eigenvalue weighted by Crippen LogP contribution is -2.21. The van der Waals surface area contributed by atoms with Crippen LogP contribution in [0.5, 0.6) is 11.5 Å². The molecule has 1 unspecified atom stereocenters. The molecule has 1 amide bonds. The summed E-state index contributed by atoms with van der Waals surface area (Å²) in [7, 11) is 0. The van der Waals surface area contributed by atoms with Gasteiger partial charge < -0.3 is 16.2 Å². The van der Waals surface area contributed by atoms with Crippen LogP contribution in [-0.2, 0) is 11.0 Å². The molecule has 0 aliphatic rings. The topological polar surface area (TPSA) is 121 Å². The van der Waals surface area contributed by atoms with Crippen molar-refractivity contribution in [3.8, 4) is 11.5 Å². The number of alkyl halides is 3. The van der Waals surface area contributed by atoms with Crippen molar-refractivity contribution in [3.05, 3.63) is 63.7 Å². The van der Waals surface area contributed by atoms with Crippen LogP contribution in [-0.4, -0.2) is 10.8 Å². The number of nitrogens with zero attached hydrogens (tertiary/aromatic N) is 1. The highest BCUT2D eigenvalue weighted by molar-refractivity contribution is 5.75. The smallest absolute Gasteiger partial charge is 0.419 e. The Labute approximate surface area is 145 Å². The van der Waals surface area contributed by atoms with Crippen LogP contribution in [0.4, 0.5) is 18.9 Å².